The first-order chi connectivity index (χ1) is 9.58. The SMILES string of the molecule is C=C(C)COc1ccc(O)c(C(=O)c2ccccc2)c1. The highest BCUT2D eigenvalue weighted by Crippen LogP contribution is 2.25. The zero-order valence-corrected chi connectivity index (χ0v) is 11.3. The van der Waals surface area contributed by atoms with Gasteiger partial charge in [-0.15, -0.1) is 0 Å². The molecule has 3 nitrogen and oxygen atoms in total. The molecule has 0 aliphatic rings. The van der Waals surface area contributed by atoms with Gasteiger partial charge in [0.05, 0.1) is 5.56 Å². The fourth-order valence-corrected chi connectivity index (χ4v) is 1.74. The molecular weight excluding hydrogens is 252 g/mol. The number of benzene rings is 2. The van der Waals surface area contributed by atoms with Crippen LogP contribution in [0.3, 0.4) is 0 Å². The van der Waals surface area contributed by atoms with Crippen LogP contribution >= 0.6 is 0 Å². The summed E-state index contributed by atoms with van der Waals surface area (Å²) in [6.45, 7) is 5.99. The predicted molar refractivity (Wildman–Crippen MR) is 78.3 cm³/mol. The third-order valence-electron chi connectivity index (χ3n) is 2.73. The molecule has 0 fully saturated rings. The standard InChI is InChI=1S/C17H16O3/c1-12(2)11-20-14-8-9-16(18)15(10-14)17(19)13-6-4-3-5-7-13/h3-10,18H,1,11H2,2H3. The normalized spacial score (nSPS) is 10.1. The molecule has 0 aliphatic heterocycles. The van der Waals surface area contributed by atoms with Gasteiger partial charge in [0.15, 0.2) is 5.78 Å². The highest BCUT2D eigenvalue weighted by Gasteiger charge is 2.14. The van der Waals surface area contributed by atoms with Gasteiger partial charge in [-0.1, -0.05) is 36.9 Å². The van der Waals surface area contributed by atoms with Crippen LogP contribution in [0.25, 0.3) is 0 Å². The number of hydrogen-bond acceptors (Lipinski definition) is 3. The van der Waals surface area contributed by atoms with Crippen molar-refractivity contribution in [1.29, 1.82) is 0 Å². The lowest BCUT2D eigenvalue weighted by Crippen LogP contribution is -2.03. The van der Waals surface area contributed by atoms with Crippen molar-refractivity contribution < 1.29 is 14.6 Å². The summed E-state index contributed by atoms with van der Waals surface area (Å²) in [4.78, 5) is 12.3. The Balaban J connectivity index is 2.29. The van der Waals surface area contributed by atoms with E-state index in [2.05, 4.69) is 6.58 Å². The van der Waals surface area contributed by atoms with Gasteiger partial charge in [-0.05, 0) is 30.7 Å². The van der Waals surface area contributed by atoms with E-state index in [1.165, 1.54) is 6.07 Å². The van der Waals surface area contributed by atoms with E-state index in [4.69, 9.17) is 4.74 Å². The maximum atomic E-state index is 12.3. The smallest absolute Gasteiger partial charge is 0.196 e. The van der Waals surface area contributed by atoms with Crippen LogP contribution in [-0.4, -0.2) is 17.5 Å². The van der Waals surface area contributed by atoms with Crippen LogP contribution < -0.4 is 4.74 Å². The van der Waals surface area contributed by atoms with Crippen LogP contribution in [0.5, 0.6) is 11.5 Å². The Morgan fingerprint density at radius 2 is 1.90 bits per heavy atom. The minimum Gasteiger partial charge on any atom is -0.507 e. The van der Waals surface area contributed by atoms with E-state index in [-0.39, 0.29) is 17.1 Å². The van der Waals surface area contributed by atoms with Crippen LogP contribution in [0.1, 0.15) is 22.8 Å². The van der Waals surface area contributed by atoms with Crippen molar-refractivity contribution in [2.75, 3.05) is 6.61 Å². The first-order valence-electron chi connectivity index (χ1n) is 6.28. The number of aromatic hydroxyl groups is 1. The molecule has 102 valence electrons. The van der Waals surface area contributed by atoms with Gasteiger partial charge in [-0.2, -0.15) is 0 Å². The maximum absolute atomic E-state index is 12.3. The Labute approximate surface area is 118 Å². The molecule has 0 atom stereocenters. The number of ketones is 1. The fourth-order valence-electron chi connectivity index (χ4n) is 1.74. The Hall–Kier alpha value is -2.55. The summed E-state index contributed by atoms with van der Waals surface area (Å²) >= 11 is 0. The average molecular weight is 268 g/mol. The number of phenolic OH excluding ortho intramolecular Hbond substituents is 1. The molecule has 20 heavy (non-hydrogen) atoms. The molecule has 0 spiro atoms. The molecule has 0 bridgehead atoms. The molecule has 3 heteroatoms. The Morgan fingerprint density at radius 3 is 2.55 bits per heavy atom. The van der Waals surface area contributed by atoms with E-state index < -0.39 is 0 Å². The third kappa shape index (κ3) is 3.26. The molecule has 2 aromatic carbocycles. The summed E-state index contributed by atoms with van der Waals surface area (Å²) in [5, 5.41) is 9.85. The molecule has 0 saturated carbocycles. The largest absolute Gasteiger partial charge is 0.507 e. The lowest BCUT2D eigenvalue weighted by atomic mass is 10.0. The van der Waals surface area contributed by atoms with Gasteiger partial charge in [0.1, 0.15) is 18.1 Å². The van der Waals surface area contributed by atoms with Gasteiger partial charge < -0.3 is 9.84 Å². The molecule has 2 rings (SSSR count). The van der Waals surface area contributed by atoms with Crippen molar-refractivity contribution in [2.45, 2.75) is 6.92 Å². The van der Waals surface area contributed by atoms with E-state index in [9.17, 15) is 9.90 Å². The minimum atomic E-state index is -0.233. The summed E-state index contributed by atoms with van der Waals surface area (Å²) in [7, 11) is 0. The van der Waals surface area contributed by atoms with Gasteiger partial charge in [-0.25, -0.2) is 0 Å². The number of rotatable bonds is 5. The van der Waals surface area contributed by atoms with Gasteiger partial charge in [-0.3, -0.25) is 4.79 Å². The quantitative estimate of drug-likeness (QED) is 0.666. The van der Waals surface area contributed by atoms with E-state index in [1.54, 1.807) is 36.4 Å². The Bertz CT molecular complexity index is 630. The first kappa shape index (κ1) is 13.9. The van der Waals surface area contributed by atoms with Gasteiger partial charge in [0.2, 0.25) is 0 Å². The lowest BCUT2D eigenvalue weighted by molar-refractivity contribution is 0.103. The van der Waals surface area contributed by atoms with Gasteiger partial charge >= 0.3 is 0 Å². The molecule has 0 heterocycles. The minimum absolute atomic E-state index is 0.0541. The van der Waals surface area contributed by atoms with Gasteiger partial charge in [0, 0.05) is 5.56 Å². The van der Waals surface area contributed by atoms with Crippen molar-refractivity contribution in [1.82, 2.24) is 0 Å². The molecule has 1 N–H and O–H groups in total. The van der Waals surface area contributed by atoms with Crippen LogP contribution in [0, 0.1) is 0 Å². The lowest BCUT2D eigenvalue weighted by Gasteiger charge is -2.09. The molecule has 0 radical (unpaired) electrons. The van der Waals surface area contributed by atoms with Crippen molar-refractivity contribution in [3.05, 3.63) is 71.8 Å². The molecule has 0 aliphatic carbocycles. The summed E-state index contributed by atoms with van der Waals surface area (Å²) in [6.07, 6.45) is 0. The Morgan fingerprint density at radius 1 is 1.20 bits per heavy atom. The number of carbonyl (C=O) groups is 1. The highest BCUT2D eigenvalue weighted by atomic mass is 16.5. The predicted octanol–water partition coefficient (Wildman–Crippen LogP) is 3.58. The monoisotopic (exact) mass is 268 g/mol. The zero-order chi connectivity index (χ0) is 14.5. The number of ether oxygens (including phenoxy) is 1. The molecular formula is C17H16O3. The van der Waals surface area contributed by atoms with Crippen LogP contribution in [0.2, 0.25) is 0 Å². The average Bonchev–Trinajstić information content (AvgIpc) is 2.46. The van der Waals surface area contributed by atoms with Gasteiger partial charge in [0.25, 0.3) is 0 Å². The zero-order valence-electron chi connectivity index (χ0n) is 11.3. The number of phenols is 1. The van der Waals surface area contributed by atoms with E-state index in [0.717, 1.165) is 5.57 Å². The fraction of sp³-hybridized carbons (Fsp3) is 0.118. The van der Waals surface area contributed by atoms with Crippen molar-refractivity contribution in [2.24, 2.45) is 0 Å². The summed E-state index contributed by atoms with van der Waals surface area (Å²) in [5.41, 5.74) is 1.64. The van der Waals surface area contributed by atoms with Crippen molar-refractivity contribution in [3.63, 3.8) is 0 Å². The molecule has 0 saturated heterocycles. The first-order valence-corrected chi connectivity index (χ1v) is 6.28. The highest BCUT2D eigenvalue weighted by molar-refractivity contribution is 6.10. The summed E-state index contributed by atoms with van der Waals surface area (Å²) in [6, 6.07) is 13.5. The summed E-state index contributed by atoms with van der Waals surface area (Å²) in [5.74, 6) is 0.246. The topological polar surface area (TPSA) is 46.5 Å². The second-order valence-electron chi connectivity index (χ2n) is 4.62. The Kier molecular flexibility index (Phi) is 4.20. The van der Waals surface area contributed by atoms with E-state index >= 15 is 0 Å². The second-order valence-corrected chi connectivity index (χ2v) is 4.62. The molecule has 0 aromatic heterocycles. The molecule has 0 unspecified atom stereocenters. The van der Waals surface area contributed by atoms with Crippen LogP contribution in [0.4, 0.5) is 0 Å². The number of carbonyl (C=O) groups excluding carboxylic acids is 1. The van der Waals surface area contributed by atoms with Crippen molar-refractivity contribution in [3.8, 4) is 11.5 Å². The van der Waals surface area contributed by atoms with Crippen molar-refractivity contribution >= 4 is 5.78 Å². The maximum Gasteiger partial charge on any atom is 0.196 e. The number of hydrogen-bond donors (Lipinski definition) is 1. The molecule has 2 aromatic rings. The van der Waals surface area contributed by atoms with E-state index in [0.29, 0.717) is 17.9 Å². The second kappa shape index (κ2) is 6.06. The summed E-state index contributed by atoms with van der Waals surface area (Å²) < 4.78 is 5.49. The third-order valence-corrected chi connectivity index (χ3v) is 2.73. The van der Waals surface area contributed by atoms with Crippen LogP contribution in [-0.2, 0) is 0 Å². The molecule has 0 amide bonds. The van der Waals surface area contributed by atoms with Crippen LogP contribution in [0.15, 0.2) is 60.7 Å². The van der Waals surface area contributed by atoms with E-state index in [1.807, 2.05) is 13.0 Å².